The molecule has 0 spiro atoms. The van der Waals surface area contributed by atoms with Crippen molar-refractivity contribution in [2.24, 2.45) is 0 Å². The molecule has 0 bridgehead atoms. The average molecular weight is 209 g/mol. The molecule has 0 N–H and O–H groups in total. The molecule has 1 aromatic rings. The fourth-order valence-electron chi connectivity index (χ4n) is 1.14. The van der Waals surface area contributed by atoms with Crippen LogP contribution in [-0.4, -0.2) is 19.7 Å². The number of benzene rings is 1. The number of carbonyl (C=O) groups is 1. The monoisotopic (exact) mass is 209 g/mol. The number of hydrogen-bond acceptors (Lipinski definition) is 4. The van der Waals surface area contributed by atoms with E-state index in [4.69, 9.17) is 9.47 Å². The summed E-state index contributed by atoms with van der Waals surface area (Å²) in [5.41, 5.74) is 0. The van der Waals surface area contributed by atoms with Crippen molar-refractivity contribution in [3.8, 4) is 11.5 Å². The minimum absolute atomic E-state index is 0.00908. The van der Waals surface area contributed by atoms with Crippen LogP contribution < -0.4 is 14.6 Å². The molecule has 0 amide bonds. The second-order valence-corrected chi connectivity index (χ2v) is 2.97. The van der Waals surface area contributed by atoms with Crippen molar-refractivity contribution in [2.45, 2.75) is 12.8 Å². The van der Waals surface area contributed by atoms with Gasteiger partial charge in [-0.3, -0.25) is 0 Å². The van der Waals surface area contributed by atoms with Gasteiger partial charge in [-0.1, -0.05) is 12.1 Å². The van der Waals surface area contributed by atoms with E-state index in [1.165, 1.54) is 0 Å². The highest BCUT2D eigenvalue weighted by atomic mass is 16.5. The first-order valence-electron chi connectivity index (χ1n) is 4.69. The Kier molecular flexibility index (Phi) is 4.47. The molecular weight excluding hydrogens is 196 g/mol. The van der Waals surface area contributed by atoms with Crippen molar-refractivity contribution < 1.29 is 19.4 Å². The quantitative estimate of drug-likeness (QED) is 0.644. The first-order valence-corrected chi connectivity index (χ1v) is 4.69. The average Bonchev–Trinajstić information content (AvgIpc) is 2.24. The highest BCUT2D eigenvalue weighted by Gasteiger charge is 2.01. The molecule has 0 radical (unpaired) electrons. The van der Waals surface area contributed by atoms with E-state index in [0.29, 0.717) is 24.5 Å². The summed E-state index contributed by atoms with van der Waals surface area (Å²) in [7, 11) is 1.56. The third-order valence-corrected chi connectivity index (χ3v) is 1.85. The predicted molar refractivity (Wildman–Crippen MR) is 52.7 cm³/mol. The lowest BCUT2D eigenvalue weighted by Gasteiger charge is -2.10. The lowest BCUT2D eigenvalue weighted by atomic mass is 10.3. The summed E-state index contributed by atoms with van der Waals surface area (Å²) >= 11 is 0. The van der Waals surface area contributed by atoms with Gasteiger partial charge in [0.2, 0.25) is 0 Å². The number of carboxylic acid groups (broad SMARTS) is 1. The Morgan fingerprint density at radius 1 is 1.33 bits per heavy atom. The fourth-order valence-corrected chi connectivity index (χ4v) is 1.14. The molecule has 15 heavy (non-hydrogen) atoms. The van der Waals surface area contributed by atoms with Gasteiger partial charge >= 0.3 is 0 Å². The smallest absolute Gasteiger partial charge is 0.161 e. The van der Waals surface area contributed by atoms with Crippen molar-refractivity contribution >= 4 is 5.97 Å². The van der Waals surface area contributed by atoms with Crippen LogP contribution in [-0.2, 0) is 4.79 Å². The summed E-state index contributed by atoms with van der Waals surface area (Å²) in [6.45, 7) is 0.342. The Balaban J connectivity index is 2.39. The van der Waals surface area contributed by atoms with E-state index < -0.39 is 5.97 Å². The number of carboxylic acids is 1. The van der Waals surface area contributed by atoms with Crippen LogP contribution in [0.3, 0.4) is 0 Å². The topological polar surface area (TPSA) is 58.6 Å². The molecule has 4 nitrogen and oxygen atoms in total. The van der Waals surface area contributed by atoms with E-state index in [-0.39, 0.29) is 6.42 Å². The van der Waals surface area contributed by atoms with Crippen molar-refractivity contribution in [2.75, 3.05) is 13.7 Å². The second kappa shape index (κ2) is 5.90. The molecular formula is C11H13O4-. The molecule has 0 aromatic heterocycles. The van der Waals surface area contributed by atoms with Crippen LogP contribution in [0.2, 0.25) is 0 Å². The lowest BCUT2D eigenvalue weighted by molar-refractivity contribution is -0.305. The number of carbonyl (C=O) groups excluding carboxylic acids is 1. The Bertz CT molecular complexity index is 322. The van der Waals surface area contributed by atoms with Gasteiger partial charge in [-0.15, -0.1) is 0 Å². The van der Waals surface area contributed by atoms with Gasteiger partial charge in [-0.2, -0.15) is 0 Å². The summed E-state index contributed by atoms with van der Waals surface area (Å²) in [5, 5.41) is 10.1. The van der Waals surface area contributed by atoms with Crippen molar-refractivity contribution in [3.63, 3.8) is 0 Å². The van der Waals surface area contributed by atoms with Crippen molar-refractivity contribution in [1.82, 2.24) is 0 Å². The molecule has 0 aliphatic rings. The third kappa shape index (κ3) is 3.89. The summed E-state index contributed by atoms with van der Waals surface area (Å²) in [4.78, 5) is 10.1. The highest BCUT2D eigenvalue weighted by molar-refractivity contribution is 5.64. The first-order chi connectivity index (χ1) is 7.24. The number of hydrogen-bond donors (Lipinski definition) is 0. The molecule has 0 atom stereocenters. The van der Waals surface area contributed by atoms with E-state index in [1.807, 2.05) is 12.1 Å². The van der Waals surface area contributed by atoms with Gasteiger partial charge in [0.1, 0.15) is 0 Å². The number of ether oxygens (including phenoxy) is 2. The van der Waals surface area contributed by atoms with E-state index in [2.05, 4.69) is 0 Å². The van der Waals surface area contributed by atoms with E-state index in [1.54, 1.807) is 19.2 Å². The molecule has 4 heteroatoms. The Hall–Kier alpha value is -1.71. The molecule has 0 heterocycles. The van der Waals surface area contributed by atoms with Crippen molar-refractivity contribution in [3.05, 3.63) is 24.3 Å². The van der Waals surface area contributed by atoms with Gasteiger partial charge in [0.05, 0.1) is 13.7 Å². The standard InChI is InChI=1S/C11H14O4/c1-14-9-5-2-3-6-10(9)15-8-4-7-11(12)13/h2-3,5-6H,4,7-8H2,1H3,(H,12,13)/p-1. The molecule has 0 saturated carbocycles. The molecule has 0 saturated heterocycles. The maximum atomic E-state index is 10.1. The summed E-state index contributed by atoms with van der Waals surface area (Å²) in [6, 6.07) is 7.23. The molecule has 1 rings (SSSR count). The number of para-hydroxylation sites is 2. The third-order valence-electron chi connectivity index (χ3n) is 1.85. The molecule has 0 aliphatic heterocycles. The van der Waals surface area contributed by atoms with E-state index >= 15 is 0 Å². The minimum atomic E-state index is -1.06. The molecule has 0 unspecified atom stereocenters. The zero-order valence-corrected chi connectivity index (χ0v) is 8.56. The summed E-state index contributed by atoms with van der Waals surface area (Å²) in [6.07, 6.45) is 0.440. The summed E-state index contributed by atoms with van der Waals surface area (Å²) in [5.74, 6) is 0.211. The van der Waals surface area contributed by atoms with Gasteiger partial charge in [-0.05, 0) is 25.0 Å². The molecule has 82 valence electrons. The normalized spacial score (nSPS) is 9.67. The summed E-state index contributed by atoms with van der Waals surface area (Å²) < 4.78 is 10.4. The first kappa shape index (κ1) is 11.4. The van der Waals surface area contributed by atoms with Gasteiger partial charge in [0, 0.05) is 5.97 Å². The Morgan fingerprint density at radius 3 is 2.60 bits per heavy atom. The van der Waals surface area contributed by atoms with Crippen LogP contribution in [0.5, 0.6) is 11.5 Å². The Morgan fingerprint density at radius 2 is 2.00 bits per heavy atom. The molecule has 0 aliphatic carbocycles. The fraction of sp³-hybridized carbons (Fsp3) is 0.364. The van der Waals surface area contributed by atoms with E-state index in [0.717, 1.165) is 0 Å². The maximum Gasteiger partial charge on any atom is 0.161 e. The highest BCUT2D eigenvalue weighted by Crippen LogP contribution is 2.25. The largest absolute Gasteiger partial charge is 0.550 e. The SMILES string of the molecule is COc1ccccc1OCCCC(=O)[O-]. The zero-order chi connectivity index (χ0) is 11.1. The van der Waals surface area contributed by atoms with Crippen molar-refractivity contribution in [1.29, 1.82) is 0 Å². The lowest BCUT2D eigenvalue weighted by Crippen LogP contribution is -2.22. The number of rotatable bonds is 6. The predicted octanol–water partition coefficient (Wildman–Crippen LogP) is 0.604. The molecule has 0 fully saturated rings. The minimum Gasteiger partial charge on any atom is -0.550 e. The Labute approximate surface area is 88.4 Å². The van der Waals surface area contributed by atoms with Gasteiger partial charge in [0.15, 0.2) is 11.5 Å². The van der Waals surface area contributed by atoms with Crippen LogP contribution in [0.1, 0.15) is 12.8 Å². The van der Waals surface area contributed by atoms with E-state index in [9.17, 15) is 9.90 Å². The van der Waals surface area contributed by atoms with Crippen LogP contribution >= 0.6 is 0 Å². The van der Waals surface area contributed by atoms with Crippen LogP contribution in [0.15, 0.2) is 24.3 Å². The number of methoxy groups -OCH3 is 1. The van der Waals surface area contributed by atoms with Crippen LogP contribution in [0.4, 0.5) is 0 Å². The van der Waals surface area contributed by atoms with Crippen LogP contribution in [0.25, 0.3) is 0 Å². The number of aliphatic carboxylic acids is 1. The zero-order valence-electron chi connectivity index (χ0n) is 8.56. The van der Waals surface area contributed by atoms with Gasteiger partial charge < -0.3 is 19.4 Å². The van der Waals surface area contributed by atoms with Crippen LogP contribution in [0, 0.1) is 0 Å². The second-order valence-electron chi connectivity index (χ2n) is 2.97. The maximum absolute atomic E-state index is 10.1. The molecule has 1 aromatic carbocycles. The van der Waals surface area contributed by atoms with Gasteiger partial charge in [0.25, 0.3) is 0 Å². The van der Waals surface area contributed by atoms with Gasteiger partial charge in [-0.25, -0.2) is 0 Å².